The van der Waals surface area contributed by atoms with Gasteiger partial charge in [0.25, 0.3) is 0 Å². The first-order valence-electron chi connectivity index (χ1n) is 7.61. The third-order valence-electron chi connectivity index (χ3n) is 3.50. The number of carbonyl (C=O) groups excluding carboxylic acids is 1. The summed E-state index contributed by atoms with van der Waals surface area (Å²) in [7, 11) is 4.03. The van der Waals surface area contributed by atoms with Gasteiger partial charge >= 0.3 is 0 Å². The minimum Gasteiger partial charge on any atom is -0.337 e. The predicted molar refractivity (Wildman–Crippen MR) is 85.7 cm³/mol. The van der Waals surface area contributed by atoms with Crippen molar-refractivity contribution in [1.29, 1.82) is 0 Å². The fourth-order valence-corrected chi connectivity index (χ4v) is 2.25. The van der Waals surface area contributed by atoms with Gasteiger partial charge in [0.1, 0.15) is 0 Å². The first-order valence-corrected chi connectivity index (χ1v) is 7.61. The van der Waals surface area contributed by atoms with Crippen LogP contribution in [0.25, 0.3) is 0 Å². The molecule has 118 valence electrons. The molecule has 1 aromatic rings. The van der Waals surface area contributed by atoms with E-state index in [0.717, 1.165) is 24.9 Å². The fraction of sp³-hybridized carbons (Fsp3) is 0.625. The molecule has 0 saturated heterocycles. The van der Waals surface area contributed by atoms with Crippen molar-refractivity contribution in [3.05, 3.63) is 30.1 Å². The third kappa shape index (κ3) is 6.23. The first-order chi connectivity index (χ1) is 10.1. The minimum atomic E-state index is -0.0752. The smallest absolute Gasteiger partial charge is 0.227 e. The van der Waals surface area contributed by atoms with Crippen molar-refractivity contribution in [2.75, 3.05) is 33.7 Å². The number of amides is 1. The lowest BCUT2D eigenvalue weighted by Crippen LogP contribution is -2.42. The Balaban J connectivity index is 2.77. The van der Waals surface area contributed by atoms with E-state index < -0.39 is 0 Å². The summed E-state index contributed by atoms with van der Waals surface area (Å²) in [5, 5.41) is 0. The second-order valence-corrected chi connectivity index (χ2v) is 5.65. The molecule has 0 aliphatic rings. The van der Waals surface area contributed by atoms with Gasteiger partial charge < -0.3 is 15.5 Å². The van der Waals surface area contributed by atoms with E-state index in [0.29, 0.717) is 19.6 Å². The van der Waals surface area contributed by atoms with Gasteiger partial charge in [0.2, 0.25) is 5.91 Å². The molecule has 0 fully saturated rings. The average molecular weight is 292 g/mol. The Hall–Kier alpha value is -1.46. The van der Waals surface area contributed by atoms with Crippen LogP contribution in [0.2, 0.25) is 0 Å². The van der Waals surface area contributed by atoms with E-state index in [1.54, 1.807) is 6.20 Å². The largest absolute Gasteiger partial charge is 0.337 e. The van der Waals surface area contributed by atoms with Crippen LogP contribution in [0.4, 0.5) is 0 Å². The molecular weight excluding hydrogens is 264 g/mol. The number of carbonyl (C=O) groups is 1. The molecule has 21 heavy (non-hydrogen) atoms. The Morgan fingerprint density at radius 3 is 2.67 bits per heavy atom. The molecule has 1 atom stereocenters. The molecule has 0 aliphatic heterocycles. The Morgan fingerprint density at radius 2 is 2.14 bits per heavy atom. The monoisotopic (exact) mass is 292 g/mol. The van der Waals surface area contributed by atoms with Crippen molar-refractivity contribution in [2.45, 2.75) is 26.3 Å². The molecule has 1 rings (SSSR count). The molecule has 5 heteroatoms. The van der Waals surface area contributed by atoms with E-state index in [2.05, 4.69) is 16.8 Å². The van der Waals surface area contributed by atoms with Crippen LogP contribution in [0.5, 0.6) is 0 Å². The summed E-state index contributed by atoms with van der Waals surface area (Å²) in [5.74, 6) is 0.0823. The van der Waals surface area contributed by atoms with Crippen LogP contribution < -0.4 is 5.73 Å². The molecule has 1 aromatic heterocycles. The summed E-state index contributed by atoms with van der Waals surface area (Å²) in [5.41, 5.74) is 6.83. The predicted octanol–water partition coefficient (Wildman–Crippen LogP) is 1.35. The minimum absolute atomic E-state index is 0.0752. The van der Waals surface area contributed by atoms with Crippen molar-refractivity contribution >= 4 is 5.91 Å². The van der Waals surface area contributed by atoms with Crippen molar-refractivity contribution in [3.8, 4) is 0 Å². The molecular formula is C16H28N4O. The van der Waals surface area contributed by atoms with Crippen molar-refractivity contribution in [1.82, 2.24) is 14.8 Å². The van der Waals surface area contributed by atoms with Gasteiger partial charge in [-0.2, -0.15) is 0 Å². The average Bonchev–Trinajstić information content (AvgIpc) is 2.49. The van der Waals surface area contributed by atoms with Crippen molar-refractivity contribution in [2.24, 2.45) is 11.7 Å². The molecule has 0 aromatic carbocycles. The van der Waals surface area contributed by atoms with Gasteiger partial charge in [-0.3, -0.25) is 9.78 Å². The summed E-state index contributed by atoms with van der Waals surface area (Å²) in [6, 6.07) is 3.90. The summed E-state index contributed by atoms with van der Waals surface area (Å²) < 4.78 is 0. The van der Waals surface area contributed by atoms with Crippen LogP contribution in [0.3, 0.4) is 0 Å². The number of nitrogens with zero attached hydrogens (tertiary/aromatic N) is 3. The lowest BCUT2D eigenvalue weighted by molar-refractivity contribution is -0.136. The molecule has 0 radical (unpaired) electrons. The van der Waals surface area contributed by atoms with E-state index in [-0.39, 0.29) is 11.8 Å². The first kappa shape index (κ1) is 17.6. The number of rotatable bonds is 9. The number of hydrogen-bond acceptors (Lipinski definition) is 4. The van der Waals surface area contributed by atoms with Crippen LogP contribution in [0.15, 0.2) is 24.5 Å². The highest BCUT2D eigenvalue weighted by Crippen LogP contribution is 2.12. The van der Waals surface area contributed by atoms with Gasteiger partial charge in [-0.05, 0) is 32.1 Å². The normalized spacial score (nSPS) is 12.4. The summed E-state index contributed by atoms with van der Waals surface area (Å²) >= 11 is 0. The zero-order chi connectivity index (χ0) is 15.7. The van der Waals surface area contributed by atoms with Crippen LogP contribution >= 0.6 is 0 Å². The number of likely N-dealkylation sites (N-methyl/N-ethyl adjacent to an activating group) is 1. The summed E-state index contributed by atoms with van der Waals surface area (Å²) in [6.45, 7) is 4.65. The summed E-state index contributed by atoms with van der Waals surface area (Å²) in [4.78, 5) is 20.8. The van der Waals surface area contributed by atoms with Gasteiger partial charge in [0.15, 0.2) is 0 Å². The standard InChI is InChI=1S/C16H28N4O/c1-4-6-15(11-17)16(21)20(10-9-19(2)3)13-14-7-5-8-18-12-14/h5,7-8,12,15H,4,6,9-11,13,17H2,1-3H3. The van der Waals surface area contributed by atoms with Crippen LogP contribution in [-0.2, 0) is 11.3 Å². The van der Waals surface area contributed by atoms with E-state index in [4.69, 9.17) is 5.73 Å². The maximum atomic E-state index is 12.7. The molecule has 5 nitrogen and oxygen atoms in total. The second-order valence-electron chi connectivity index (χ2n) is 5.65. The number of pyridine rings is 1. The highest BCUT2D eigenvalue weighted by atomic mass is 16.2. The third-order valence-corrected chi connectivity index (χ3v) is 3.50. The molecule has 0 bridgehead atoms. The number of aromatic nitrogens is 1. The van der Waals surface area contributed by atoms with E-state index in [9.17, 15) is 4.79 Å². The van der Waals surface area contributed by atoms with Crippen LogP contribution in [0.1, 0.15) is 25.3 Å². The number of hydrogen-bond donors (Lipinski definition) is 1. The van der Waals surface area contributed by atoms with Crippen LogP contribution in [-0.4, -0.2) is 54.4 Å². The van der Waals surface area contributed by atoms with E-state index >= 15 is 0 Å². The molecule has 1 amide bonds. The highest BCUT2D eigenvalue weighted by molar-refractivity contribution is 5.79. The Bertz CT molecular complexity index is 408. The summed E-state index contributed by atoms with van der Waals surface area (Å²) in [6.07, 6.45) is 5.38. The quantitative estimate of drug-likeness (QED) is 0.746. The van der Waals surface area contributed by atoms with Gasteiger partial charge in [0, 0.05) is 38.6 Å². The Labute approximate surface area is 128 Å². The maximum Gasteiger partial charge on any atom is 0.227 e. The molecule has 0 aliphatic carbocycles. The lowest BCUT2D eigenvalue weighted by Gasteiger charge is -2.28. The van der Waals surface area contributed by atoms with Gasteiger partial charge in [-0.15, -0.1) is 0 Å². The van der Waals surface area contributed by atoms with Crippen molar-refractivity contribution < 1.29 is 4.79 Å². The SMILES string of the molecule is CCCC(CN)C(=O)N(CCN(C)C)Cc1cccnc1. The Morgan fingerprint density at radius 1 is 1.38 bits per heavy atom. The zero-order valence-corrected chi connectivity index (χ0v) is 13.5. The Kier molecular flexibility index (Phi) is 7.93. The van der Waals surface area contributed by atoms with Gasteiger partial charge in [-0.1, -0.05) is 19.4 Å². The highest BCUT2D eigenvalue weighted by Gasteiger charge is 2.22. The molecule has 0 spiro atoms. The fourth-order valence-electron chi connectivity index (χ4n) is 2.25. The number of nitrogens with two attached hydrogens (primary N) is 1. The molecule has 0 saturated carbocycles. The van der Waals surface area contributed by atoms with Crippen molar-refractivity contribution in [3.63, 3.8) is 0 Å². The topological polar surface area (TPSA) is 62.5 Å². The maximum absolute atomic E-state index is 12.7. The zero-order valence-electron chi connectivity index (χ0n) is 13.5. The van der Waals surface area contributed by atoms with Gasteiger partial charge in [0.05, 0.1) is 5.92 Å². The van der Waals surface area contributed by atoms with E-state index in [1.807, 2.05) is 37.3 Å². The molecule has 1 unspecified atom stereocenters. The van der Waals surface area contributed by atoms with Gasteiger partial charge in [-0.25, -0.2) is 0 Å². The molecule has 1 heterocycles. The molecule has 2 N–H and O–H groups in total. The second kappa shape index (κ2) is 9.47. The van der Waals surface area contributed by atoms with E-state index in [1.165, 1.54) is 0 Å². The van der Waals surface area contributed by atoms with Crippen LogP contribution in [0, 0.1) is 5.92 Å². The lowest BCUT2D eigenvalue weighted by atomic mass is 10.0.